The van der Waals surface area contributed by atoms with Gasteiger partial charge in [0.05, 0.1) is 14.0 Å². The first kappa shape index (κ1) is 13.1. The predicted octanol–water partition coefficient (Wildman–Crippen LogP) is 3.61. The van der Waals surface area contributed by atoms with Crippen LogP contribution >= 0.6 is 0 Å². The fourth-order valence-corrected chi connectivity index (χ4v) is 2.39. The summed E-state index contributed by atoms with van der Waals surface area (Å²) in [6, 6.07) is 0. The van der Waals surface area contributed by atoms with Crippen molar-refractivity contribution in [2.45, 2.75) is 82.6 Å². The monoisotopic (exact) mass is 208 g/mol. The lowest BCUT2D eigenvalue weighted by Crippen LogP contribution is -2.05. The normalized spacial score (nSPS) is 32.3. The van der Waals surface area contributed by atoms with Gasteiger partial charge in [0.1, 0.15) is 0 Å². The quantitative estimate of drug-likeness (QED) is 0.603. The minimum Gasteiger partial charge on any atom is -0.393 e. The van der Waals surface area contributed by atoms with Crippen LogP contribution in [0, 0.1) is 0 Å². The Kier molecular flexibility index (Phi) is 7.16. The van der Waals surface area contributed by atoms with Crippen molar-refractivity contribution in [3.63, 3.8) is 0 Å². The summed E-state index contributed by atoms with van der Waals surface area (Å²) in [7, 11) is 6.03. The van der Waals surface area contributed by atoms with Gasteiger partial charge >= 0.3 is 0 Å². The van der Waals surface area contributed by atoms with Gasteiger partial charge in [0.2, 0.25) is 0 Å². The maximum atomic E-state index is 9.69. The Morgan fingerprint density at radius 1 is 0.667 bits per heavy atom. The van der Waals surface area contributed by atoms with Crippen LogP contribution in [0.2, 0.25) is 5.82 Å². The molecular weight excluding hydrogens is 183 g/mol. The Labute approximate surface area is 96.1 Å². The highest BCUT2D eigenvalue weighted by Gasteiger charge is 2.06. The van der Waals surface area contributed by atoms with Crippen LogP contribution in [0.25, 0.3) is 0 Å². The van der Waals surface area contributed by atoms with E-state index in [0.717, 1.165) is 12.8 Å². The maximum Gasteiger partial charge on any atom is 0.0699 e. The van der Waals surface area contributed by atoms with Crippen LogP contribution in [0.4, 0.5) is 0 Å². The molecule has 0 aromatic heterocycles. The first-order valence-electron chi connectivity index (χ1n) is 6.72. The standard InChI is InChI=1S/C13H25BO/c14-12-8-4-1-2-6-10-13(15)11-7-3-5-9-12/h12-13,15H,1-11H2. The third-order valence-corrected chi connectivity index (χ3v) is 3.47. The predicted molar refractivity (Wildman–Crippen MR) is 66.3 cm³/mol. The summed E-state index contributed by atoms with van der Waals surface area (Å²) in [5.41, 5.74) is 0. The lowest BCUT2D eigenvalue weighted by Gasteiger charge is -2.10. The average molecular weight is 208 g/mol. The second-order valence-corrected chi connectivity index (χ2v) is 5.04. The van der Waals surface area contributed by atoms with Crippen LogP contribution in [0.15, 0.2) is 0 Å². The molecule has 0 heterocycles. The zero-order valence-corrected chi connectivity index (χ0v) is 9.96. The van der Waals surface area contributed by atoms with E-state index in [9.17, 15) is 5.11 Å². The topological polar surface area (TPSA) is 20.2 Å². The van der Waals surface area contributed by atoms with E-state index in [0.29, 0.717) is 5.82 Å². The maximum absolute atomic E-state index is 9.69. The van der Waals surface area contributed by atoms with Crippen molar-refractivity contribution in [3.05, 3.63) is 0 Å². The van der Waals surface area contributed by atoms with Gasteiger partial charge < -0.3 is 5.11 Å². The van der Waals surface area contributed by atoms with Crippen LogP contribution in [-0.2, 0) is 0 Å². The van der Waals surface area contributed by atoms with Crippen molar-refractivity contribution >= 4 is 7.85 Å². The molecule has 1 rings (SSSR count). The van der Waals surface area contributed by atoms with Crippen LogP contribution in [0.3, 0.4) is 0 Å². The van der Waals surface area contributed by atoms with Crippen LogP contribution in [0.5, 0.6) is 0 Å². The molecule has 1 aliphatic carbocycles. The molecule has 86 valence electrons. The first-order valence-corrected chi connectivity index (χ1v) is 6.72. The molecule has 1 N–H and O–H groups in total. The summed E-state index contributed by atoms with van der Waals surface area (Å²) in [5, 5.41) is 9.69. The number of rotatable bonds is 0. The first-order chi connectivity index (χ1) is 7.29. The molecule has 0 bridgehead atoms. The molecule has 2 atom stereocenters. The molecule has 2 radical (unpaired) electrons. The van der Waals surface area contributed by atoms with E-state index >= 15 is 0 Å². The smallest absolute Gasteiger partial charge is 0.0699 e. The molecule has 2 heteroatoms. The average Bonchev–Trinajstić information content (AvgIpc) is 2.23. The summed E-state index contributed by atoms with van der Waals surface area (Å²) in [6.07, 6.45) is 13.0. The summed E-state index contributed by atoms with van der Waals surface area (Å²) < 4.78 is 0. The van der Waals surface area contributed by atoms with Crippen molar-refractivity contribution < 1.29 is 5.11 Å². The molecule has 1 nitrogen and oxygen atoms in total. The SMILES string of the molecule is [B]C1CCCCCCC(O)CCCCC1. The van der Waals surface area contributed by atoms with E-state index in [1.165, 1.54) is 57.8 Å². The molecule has 1 saturated carbocycles. The lowest BCUT2D eigenvalue weighted by molar-refractivity contribution is 0.147. The van der Waals surface area contributed by atoms with E-state index in [4.69, 9.17) is 7.85 Å². The fourth-order valence-electron chi connectivity index (χ4n) is 2.39. The van der Waals surface area contributed by atoms with Gasteiger partial charge in [0, 0.05) is 0 Å². The fraction of sp³-hybridized carbons (Fsp3) is 1.00. The Morgan fingerprint density at radius 2 is 1.07 bits per heavy atom. The Hall–Kier alpha value is 0.0249. The minimum absolute atomic E-state index is 0.0422. The second-order valence-electron chi connectivity index (χ2n) is 5.04. The molecule has 0 aromatic carbocycles. The molecule has 0 spiro atoms. The Morgan fingerprint density at radius 3 is 1.60 bits per heavy atom. The van der Waals surface area contributed by atoms with Gasteiger partial charge in [0.15, 0.2) is 0 Å². The van der Waals surface area contributed by atoms with E-state index in [2.05, 4.69) is 0 Å². The largest absolute Gasteiger partial charge is 0.393 e. The highest BCUT2D eigenvalue weighted by molar-refractivity contribution is 6.11. The Balaban J connectivity index is 2.20. The number of hydrogen-bond acceptors (Lipinski definition) is 1. The van der Waals surface area contributed by atoms with Gasteiger partial charge in [-0.2, -0.15) is 0 Å². The van der Waals surface area contributed by atoms with Crippen LogP contribution < -0.4 is 0 Å². The van der Waals surface area contributed by atoms with Crippen molar-refractivity contribution in [2.24, 2.45) is 0 Å². The van der Waals surface area contributed by atoms with Crippen molar-refractivity contribution in [1.29, 1.82) is 0 Å². The highest BCUT2D eigenvalue weighted by Crippen LogP contribution is 2.22. The molecule has 0 amide bonds. The lowest BCUT2D eigenvalue weighted by atomic mass is 9.79. The molecule has 2 unspecified atom stereocenters. The zero-order valence-electron chi connectivity index (χ0n) is 9.96. The van der Waals surface area contributed by atoms with Gasteiger partial charge in [-0.1, -0.05) is 63.6 Å². The van der Waals surface area contributed by atoms with Crippen molar-refractivity contribution in [3.8, 4) is 0 Å². The van der Waals surface area contributed by atoms with Gasteiger partial charge in [0.25, 0.3) is 0 Å². The van der Waals surface area contributed by atoms with E-state index in [1.54, 1.807) is 0 Å². The molecular formula is C13H25BO. The van der Waals surface area contributed by atoms with Gasteiger partial charge in [-0.3, -0.25) is 0 Å². The summed E-state index contributed by atoms with van der Waals surface area (Å²) in [4.78, 5) is 0. The number of hydrogen-bond donors (Lipinski definition) is 1. The number of aliphatic hydroxyl groups excluding tert-OH is 1. The summed E-state index contributed by atoms with van der Waals surface area (Å²) in [6.45, 7) is 0. The van der Waals surface area contributed by atoms with Crippen LogP contribution in [0.1, 0.15) is 70.6 Å². The molecule has 15 heavy (non-hydrogen) atoms. The van der Waals surface area contributed by atoms with Crippen molar-refractivity contribution in [2.75, 3.05) is 0 Å². The third-order valence-electron chi connectivity index (χ3n) is 3.47. The minimum atomic E-state index is -0.0422. The number of aliphatic hydroxyl groups is 1. The van der Waals surface area contributed by atoms with E-state index in [-0.39, 0.29) is 6.10 Å². The molecule has 1 aliphatic rings. The summed E-state index contributed by atoms with van der Waals surface area (Å²) >= 11 is 0. The molecule has 0 saturated heterocycles. The second kappa shape index (κ2) is 8.21. The van der Waals surface area contributed by atoms with Gasteiger partial charge in [-0.15, -0.1) is 0 Å². The molecule has 0 aliphatic heterocycles. The van der Waals surface area contributed by atoms with Gasteiger partial charge in [-0.25, -0.2) is 0 Å². The summed E-state index contributed by atoms with van der Waals surface area (Å²) in [5.74, 6) is 0.427. The van der Waals surface area contributed by atoms with Crippen LogP contribution in [-0.4, -0.2) is 19.1 Å². The Bertz CT molecular complexity index is 133. The zero-order chi connectivity index (χ0) is 10.9. The highest BCUT2D eigenvalue weighted by atomic mass is 16.3. The molecule has 1 fully saturated rings. The van der Waals surface area contributed by atoms with Gasteiger partial charge in [-0.05, 0) is 12.8 Å². The van der Waals surface area contributed by atoms with Crippen molar-refractivity contribution in [1.82, 2.24) is 0 Å². The molecule has 0 aromatic rings. The van der Waals surface area contributed by atoms with E-state index in [1.807, 2.05) is 0 Å². The third kappa shape index (κ3) is 7.00. The van der Waals surface area contributed by atoms with E-state index < -0.39 is 0 Å².